The second-order valence-corrected chi connectivity index (χ2v) is 7.73. The van der Waals surface area contributed by atoms with Gasteiger partial charge in [0.15, 0.2) is 0 Å². The fourth-order valence-electron chi connectivity index (χ4n) is 3.17. The predicted octanol–water partition coefficient (Wildman–Crippen LogP) is 7.57. The summed E-state index contributed by atoms with van der Waals surface area (Å²) in [7, 11) is 0. The molecule has 0 aliphatic heterocycles. The quantitative estimate of drug-likeness (QED) is 0.330. The molecule has 0 radical (unpaired) electrons. The van der Waals surface area contributed by atoms with Gasteiger partial charge in [-0.25, -0.2) is 0 Å². The van der Waals surface area contributed by atoms with Crippen LogP contribution in [0.1, 0.15) is 97.0 Å². The summed E-state index contributed by atoms with van der Waals surface area (Å²) in [6, 6.07) is 10.9. The van der Waals surface area contributed by atoms with Crippen molar-refractivity contribution in [2.24, 2.45) is 5.41 Å². The third kappa shape index (κ3) is 10.0. The maximum atomic E-state index is 2.45. The molecule has 0 unspecified atom stereocenters. The van der Waals surface area contributed by atoms with Gasteiger partial charge in [-0.15, -0.1) is 0 Å². The van der Waals surface area contributed by atoms with Crippen molar-refractivity contribution >= 4 is 0 Å². The van der Waals surface area contributed by atoms with Gasteiger partial charge in [-0.1, -0.05) is 109 Å². The van der Waals surface area contributed by atoms with E-state index in [4.69, 9.17) is 0 Å². The Balaban J connectivity index is 2.00. The molecule has 126 valence electrons. The molecule has 0 saturated carbocycles. The van der Waals surface area contributed by atoms with Crippen LogP contribution in [0.5, 0.6) is 0 Å². The Kier molecular flexibility index (Phi) is 10.3. The van der Waals surface area contributed by atoms with E-state index in [1.165, 1.54) is 82.6 Å². The van der Waals surface area contributed by atoms with E-state index in [0.29, 0.717) is 5.41 Å². The molecule has 0 amide bonds. The fraction of sp³-hybridized carbons (Fsp3) is 0.727. The van der Waals surface area contributed by atoms with Gasteiger partial charge in [-0.2, -0.15) is 0 Å². The number of unbranched alkanes of at least 4 members (excludes halogenated alkanes) is 8. The van der Waals surface area contributed by atoms with E-state index in [1.54, 1.807) is 0 Å². The van der Waals surface area contributed by atoms with Crippen molar-refractivity contribution in [3.05, 3.63) is 35.9 Å². The minimum atomic E-state index is 0.497. The maximum Gasteiger partial charge on any atom is -0.0274 e. The van der Waals surface area contributed by atoms with Crippen molar-refractivity contribution in [3.8, 4) is 0 Å². The fourth-order valence-corrected chi connectivity index (χ4v) is 3.17. The van der Waals surface area contributed by atoms with Gasteiger partial charge in [0.1, 0.15) is 0 Å². The molecule has 1 rings (SSSR count). The van der Waals surface area contributed by atoms with Crippen molar-refractivity contribution < 1.29 is 0 Å². The van der Waals surface area contributed by atoms with Crippen molar-refractivity contribution in [1.29, 1.82) is 0 Å². The molecule has 1 aromatic rings. The summed E-state index contributed by atoms with van der Waals surface area (Å²) in [6.45, 7) is 7.18. The largest absolute Gasteiger partial charge is 0.0654 e. The van der Waals surface area contributed by atoms with Crippen LogP contribution in [0.25, 0.3) is 0 Å². The lowest BCUT2D eigenvalue weighted by Crippen LogP contribution is -2.12. The van der Waals surface area contributed by atoms with Gasteiger partial charge in [-0.3, -0.25) is 0 Å². The predicted molar refractivity (Wildman–Crippen MR) is 100 cm³/mol. The summed E-state index contributed by atoms with van der Waals surface area (Å²) in [5.41, 5.74) is 1.99. The number of rotatable bonds is 13. The minimum Gasteiger partial charge on any atom is -0.0654 e. The zero-order valence-corrected chi connectivity index (χ0v) is 15.4. The van der Waals surface area contributed by atoms with Crippen LogP contribution in [-0.2, 0) is 6.42 Å². The Morgan fingerprint density at radius 2 is 1.23 bits per heavy atom. The average Bonchev–Trinajstić information content (AvgIpc) is 2.52. The Morgan fingerprint density at radius 1 is 0.682 bits per heavy atom. The molecule has 0 aliphatic rings. The van der Waals surface area contributed by atoms with Crippen LogP contribution in [0, 0.1) is 5.41 Å². The molecule has 0 atom stereocenters. The van der Waals surface area contributed by atoms with Gasteiger partial charge >= 0.3 is 0 Å². The lowest BCUT2D eigenvalue weighted by molar-refractivity contribution is 0.294. The molecule has 0 fully saturated rings. The second kappa shape index (κ2) is 11.7. The molecule has 0 heterocycles. The lowest BCUT2D eigenvalue weighted by Gasteiger charge is -2.24. The van der Waals surface area contributed by atoms with Crippen LogP contribution in [-0.4, -0.2) is 0 Å². The summed E-state index contributed by atoms with van der Waals surface area (Å²) >= 11 is 0. The first-order valence-corrected chi connectivity index (χ1v) is 9.68. The number of hydrogen-bond acceptors (Lipinski definition) is 0. The number of aryl methyl sites for hydroxylation is 1. The second-order valence-electron chi connectivity index (χ2n) is 7.73. The topological polar surface area (TPSA) is 0 Å². The van der Waals surface area contributed by atoms with E-state index in [-0.39, 0.29) is 0 Å². The normalized spacial score (nSPS) is 11.8. The highest BCUT2D eigenvalue weighted by Crippen LogP contribution is 2.29. The monoisotopic (exact) mass is 302 g/mol. The van der Waals surface area contributed by atoms with Gasteiger partial charge in [0.05, 0.1) is 0 Å². The average molecular weight is 303 g/mol. The zero-order valence-electron chi connectivity index (χ0n) is 15.4. The third-order valence-electron chi connectivity index (χ3n) is 4.89. The molecule has 0 nitrogen and oxygen atoms in total. The molecule has 0 bridgehead atoms. The zero-order chi connectivity index (χ0) is 16.1. The summed E-state index contributed by atoms with van der Waals surface area (Å²) in [6.07, 6.45) is 16.8. The Hall–Kier alpha value is -0.780. The van der Waals surface area contributed by atoms with E-state index in [0.717, 1.165) is 0 Å². The van der Waals surface area contributed by atoms with E-state index in [2.05, 4.69) is 51.1 Å². The van der Waals surface area contributed by atoms with Crippen LogP contribution in [0.2, 0.25) is 0 Å². The van der Waals surface area contributed by atoms with Gasteiger partial charge < -0.3 is 0 Å². The molecule has 0 aromatic heterocycles. The Morgan fingerprint density at radius 3 is 1.82 bits per heavy atom. The SMILES string of the molecule is CCCCCCCCCCCC(C)(C)CCc1ccccc1. The summed E-state index contributed by atoms with van der Waals surface area (Å²) in [5.74, 6) is 0. The van der Waals surface area contributed by atoms with Gasteiger partial charge in [0, 0.05) is 0 Å². The van der Waals surface area contributed by atoms with Crippen LogP contribution >= 0.6 is 0 Å². The summed E-state index contributed by atoms with van der Waals surface area (Å²) in [5, 5.41) is 0. The first-order chi connectivity index (χ1) is 10.6. The van der Waals surface area contributed by atoms with Crippen LogP contribution in [0.4, 0.5) is 0 Å². The lowest BCUT2D eigenvalue weighted by atomic mass is 9.81. The molecule has 0 N–H and O–H groups in total. The first-order valence-electron chi connectivity index (χ1n) is 9.68. The highest BCUT2D eigenvalue weighted by atomic mass is 14.2. The van der Waals surface area contributed by atoms with Crippen LogP contribution < -0.4 is 0 Å². The third-order valence-corrected chi connectivity index (χ3v) is 4.89. The van der Waals surface area contributed by atoms with Gasteiger partial charge in [0.25, 0.3) is 0 Å². The number of benzene rings is 1. The molecule has 0 heteroatoms. The Bertz CT molecular complexity index is 350. The highest BCUT2D eigenvalue weighted by molar-refractivity contribution is 5.14. The summed E-state index contributed by atoms with van der Waals surface area (Å²) in [4.78, 5) is 0. The van der Waals surface area contributed by atoms with Crippen molar-refractivity contribution in [3.63, 3.8) is 0 Å². The van der Waals surface area contributed by atoms with Gasteiger partial charge in [-0.05, 0) is 30.2 Å². The first kappa shape index (κ1) is 19.3. The minimum absolute atomic E-state index is 0.497. The molecule has 1 aromatic carbocycles. The van der Waals surface area contributed by atoms with E-state index < -0.39 is 0 Å². The molecular weight excluding hydrogens is 264 g/mol. The van der Waals surface area contributed by atoms with E-state index >= 15 is 0 Å². The van der Waals surface area contributed by atoms with Crippen molar-refractivity contribution in [2.75, 3.05) is 0 Å². The highest BCUT2D eigenvalue weighted by Gasteiger charge is 2.16. The Labute approximate surface area is 139 Å². The smallest absolute Gasteiger partial charge is 0.0274 e. The van der Waals surface area contributed by atoms with Crippen LogP contribution in [0.3, 0.4) is 0 Å². The molecule has 0 saturated heterocycles. The molecular formula is C22H38. The molecule has 22 heavy (non-hydrogen) atoms. The van der Waals surface area contributed by atoms with Gasteiger partial charge in [0.2, 0.25) is 0 Å². The molecule has 0 aliphatic carbocycles. The maximum absolute atomic E-state index is 2.45. The number of hydrogen-bond donors (Lipinski definition) is 0. The van der Waals surface area contributed by atoms with E-state index in [9.17, 15) is 0 Å². The summed E-state index contributed by atoms with van der Waals surface area (Å²) < 4.78 is 0. The standard InChI is InChI=1S/C22H38/c1-4-5-6-7-8-9-10-11-15-19-22(2,3)20-18-21-16-13-12-14-17-21/h12-14,16-17H,4-11,15,18-20H2,1-3H3. The van der Waals surface area contributed by atoms with Crippen molar-refractivity contribution in [2.45, 2.75) is 97.8 Å². The van der Waals surface area contributed by atoms with Crippen molar-refractivity contribution in [1.82, 2.24) is 0 Å². The molecule has 0 spiro atoms. The van der Waals surface area contributed by atoms with Crippen LogP contribution in [0.15, 0.2) is 30.3 Å². The van der Waals surface area contributed by atoms with E-state index in [1.807, 2.05) is 0 Å².